The quantitative estimate of drug-likeness (QED) is 0.400. The molecule has 37 heavy (non-hydrogen) atoms. The number of carboxylic acid groups (broad SMARTS) is 1. The number of likely N-dealkylation sites (tertiary alicyclic amines) is 1. The molecule has 2 atom stereocenters. The van der Waals surface area contributed by atoms with Crippen LogP contribution in [0, 0.1) is 6.92 Å². The van der Waals surface area contributed by atoms with Crippen LogP contribution < -0.4 is 10.5 Å². The van der Waals surface area contributed by atoms with Crippen LogP contribution in [-0.2, 0) is 9.53 Å². The molecule has 2 unspecified atom stereocenters. The minimum absolute atomic E-state index is 0.103. The second-order valence-electron chi connectivity index (χ2n) is 10.1. The van der Waals surface area contributed by atoms with E-state index in [0.29, 0.717) is 16.7 Å². The summed E-state index contributed by atoms with van der Waals surface area (Å²) in [7, 11) is 1.64. The minimum atomic E-state index is -1.11. The van der Waals surface area contributed by atoms with Gasteiger partial charge in [0.25, 0.3) is 0 Å². The SMILES string of the molecule is COc1cc(C)cc2cc(-c3nn(C4CC(C(=O)O)N(C(=O)OC(C)(C)C)C4)c4ncnc(N)c34)sc12. The molecule has 1 aliphatic heterocycles. The molecule has 0 bridgehead atoms. The van der Waals surface area contributed by atoms with Gasteiger partial charge in [0.15, 0.2) is 5.65 Å². The van der Waals surface area contributed by atoms with Gasteiger partial charge in [0.2, 0.25) is 0 Å². The number of carboxylic acids is 1. The van der Waals surface area contributed by atoms with Crippen LogP contribution in [0.2, 0.25) is 0 Å². The number of nitrogens with two attached hydrogens (primary N) is 1. The predicted molar refractivity (Wildman–Crippen MR) is 140 cm³/mol. The Morgan fingerprint density at radius 1 is 1.22 bits per heavy atom. The molecule has 3 N–H and O–H groups in total. The van der Waals surface area contributed by atoms with Crippen molar-refractivity contribution in [3.63, 3.8) is 0 Å². The van der Waals surface area contributed by atoms with Gasteiger partial charge in [-0.05, 0) is 50.8 Å². The second kappa shape index (κ2) is 8.87. The number of hydrogen-bond acceptors (Lipinski definition) is 9. The van der Waals surface area contributed by atoms with Crippen LogP contribution >= 0.6 is 11.3 Å². The van der Waals surface area contributed by atoms with E-state index in [1.54, 1.807) is 32.6 Å². The van der Waals surface area contributed by atoms with E-state index in [1.165, 1.54) is 22.6 Å². The fourth-order valence-electron chi connectivity index (χ4n) is 4.70. The number of benzene rings is 1. The zero-order chi connectivity index (χ0) is 26.6. The van der Waals surface area contributed by atoms with Crippen molar-refractivity contribution in [2.24, 2.45) is 0 Å². The Kier molecular flexibility index (Phi) is 5.94. The number of nitrogens with zero attached hydrogens (tertiary/aromatic N) is 5. The van der Waals surface area contributed by atoms with Gasteiger partial charge in [0, 0.05) is 13.0 Å². The number of aliphatic carboxylic acids is 1. The maximum absolute atomic E-state index is 12.8. The Hall–Kier alpha value is -3.93. The molecule has 1 aromatic carbocycles. The number of rotatable bonds is 4. The summed E-state index contributed by atoms with van der Waals surface area (Å²) in [5, 5.41) is 16.3. The Balaban J connectivity index is 1.61. The normalized spacial score (nSPS) is 18.0. The van der Waals surface area contributed by atoms with Crippen LogP contribution in [0.15, 0.2) is 24.5 Å². The highest BCUT2D eigenvalue weighted by Crippen LogP contribution is 2.43. The third-order valence-corrected chi connectivity index (χ3v) is 7.41. The van der Waals surface area contributed by atoms with Crippen LogP contribution in [0.1, 0.15) is 38.8 Å². The maximum atomic E-state index is 12.8. The first-order chi connectivity index (χ1) is 17.5. The van der Waals surface area contributed by atoms with Gasteiger partial charge in [-0.15, -0.1) is 11.3 Å². The van der Waals surface area contributed by atoms with Crippen molar-refractivity contribution in [3.05, 3.63) is 30.1 Å². The highest BCUT2D eigenvalue weighted by molar-refractivity contribution is 7.22. The summed E-state index contributed by atoms with van der Waals surface area (Å²) in [5.74, 6) is -0.0675. The second-order valence-corrected chi connectivity index (χ2v) is 11.2. The molecule has 12 heteroatoms. The number of thiophene rings is 1. The smallest absolute Gasteiger partial charge is 0.411 e. The van der Waals surface area contributed by atoms with E-state index >= 15 is 0 Å². The lowest BCUT2D eigenvalue weighted by molar-refractivity contribution is -0.142. The van der Waals surface area contributed by atoms with Crippen LogP contribution in [0.5, 0.6) is 5.75 Å². The van der Waals surface area contributed by atoms with E-state index in [0.717, 1.165) is 26.3 Å². The van der Waals surface area contributed by atoms with E-state index < -0.39 is 29.7 Å². The van der Waals surface area contributed by atoms with Crippen molar-refractivity contribution in [1.82, 2.24) is 24.6 Å². The van der Waals surface area contributed by atoms with Gasteiger partial charge in [0.1, 0.15) is 35.2 Å². The number of carbonyl (C=O) groups is 2. The molecular formula is C25H28N6O5S. The average molecular weight is 525 g/mol. The summed E-state index contributed by atoms with van der Waals surface area (Å²) >= 11 is 1.52. The topological polar surface area (TPSA) is 146 Å². The number of ether oxygens (including phenoxy) is 2. The molecule has 4 heterocycles. The molecule has 0 spiro atoms. The van der Waals surface area contributed by atoms with E-state index in [2.05, 4.69) is 16.0 Å². The molecule has 1 amide bonds. The first-order valence-corrected chi connectivity index (χ1v) is 12.6. The molecule has 0 radical (unpaired) electrons. The molecule has 5 rings (SSSR count). The van der Waals surface area contributed by atoms with Crippen molar-refractivity contribution in [1.29, 1.82) is 0 Å². The molecule has 3 aromatic heterocycles. The number of nitrogen functional groups attached to an aromatic ring is 1. The first kappa shape index (κ1) is 24.8. The minimum Gasteiger partial charge on any atom is -0.495 e. The van der Waals surface area contributed by atoms with Gasteiger partial charge < -0.3 is 20.3 Å². The van der Waals surface area contributed by atoms with Crippen molar-refractivity contribution in [2.75, 3.05) is 19.4 Å². The number of anilines is 1. The number of methoxy groups -OCH3 is 1. The molecule has 1 fully saturated rings. The summed E-state index contributed by atoms with van der Waals surface area (Å²) in [6, 6.07) is 4.57. The first-order valence-electron chi connectivity index (χ1n) is 11.8. The van der Waals surface area contributed by atoms with Crippen molar-refractivity contribution >= 4 is 50.3 Å². The average Bonchev–Trinajstić information content (AvgIpc) is 3.52. The van der Waals surface area contributed by atoms with E-state index in [9.17, 15) is 14.7 Å². The molecule has 194 valence electrons. The largest absolute Gasteiger partial charge is 0.495 e. The lowest BCUT2D eigenvalue weighted by Crippen LogP contribution is -2.43. The van der Waals surface area contributed by atoms with Crippen LogP contribution in [-0.4, -0.2) is 67.1 Å². The predicted octanol–water partition coefficient (Wildman–Crippen LogP) is 4.24. The van der Waals surface area contributed by atoms with Gasteiger partial charge in [-0.2, -0.15) is 5.10 Å². The Bertz CT molecular complexity index is 1540. The molecule has 0 saturated carbocycles. The number of aromatic nitrogens is 4. The fraction of sp³-hybridized carbons (Fsp3) is 0.400. The van der Waals surface area contributed by atoms with Gasteiger partial charge >= 0.3 is 12.1 Å². The number of hydrogen-bond donors (Lipinski definition) is 2. The molecular weight excluding hydrogens is 496 g/mol. The maximum Gasteiger partial charge on any atom is 0.411 e. The van der Waals surface area contributed by atoms with Crippen LogP contribution in [0.4, 0.5) is 10.6 Å². The van der Waals surface area contributed by atoms with E-state index in [1.807, 2.05) is 19.1 Å². The number of aryl methyl sites for hydroxylation is 1. The number of fused-ring (bicyclic) bond motifs is 2. The zero-order valence-electron chi connectivity index (χ0n) is 21.2. The Morgan fingerprint density at radius 2 is 1.97 bits per heavy atom. The molecule has 0 aliphatic carbocycles. The van der Waals surface area contributed by atoms with Gasteiger partial charge in [0.05, 0.1) is 28.1 Å². The van der Waals surface area contributed by atoms with Gasteiger partial charge in [-0.3, -0.25) is 4.90 Å². The van der Waals surface area contributed by atoms with Gasteiger partial charge in [-0.25, -0.2) is 24.2 Å². The zero-order valence-corrected chi connectivity index (χ0v) is 22.0. The molecule has 1 saturated heterocycles. The van der Waals surface area contributed by atoms with E-state index in [-0.39, 0.29) is 18.8 Å². The summed E-state index contributed by atoms with van der Waals surface area (Å²) in [4.78, 5) is 35.6. The van der Waals surface area contributed by atoms with Crippen molar-refractivity contribution in [3.8, 4) is 16.3 Å². The third kappa shape index (κ3) is 4.41. The Morgan fingerprint density at radius 3 is 2.65 bits per heavy atom. The fourth-order valence-corrected chi connectivity index (χ4v) is 5.83. The summed E-state index contributed by atoms with van der Waals surface area (Å²) in [6.07, 6.45) is 0.820. The molecule has 1 aliphatic rings. The highest BCUT2D eigenvalue weighted by Gasteiger charge is 2.43. The molecule has 4 aromatic rings. The lowest BCUT2D eigenvalue weighted by Gasteiger charge is -2.26. The standard InChI is InChI=1S/C25H28N6O5S/c1-12-6-13-8-17(37-20(13)16(7-12)35-5)19-18-21(26)27-11-28-22(18)31(29-19)14-9-15(23(32)33)30(10-14)24(34)36-25(2,3)4/h6-8,11,14-15H,9-10H2,1-5H3,(H,32,33)(H2,26,27,28). The third-order valence-electron chi connectivity index (χ3n) is 6.24. The summed E-state index contributed by atoms with van der Waals surface area (Å²) < 4.78 is 13.7. The van der Waals surface area contributed by atoms with Crippen LogP contribution in [0.3, 0.4) is 0 Å². The van der Waals surface area contributed by atoms with Gasteiger partial charge in [-0.1, -0.05) is 6.07 Å². The van der Waals surface area contributed by atoms with Crippen LogP contribution in [0.25, 0.3) is 31.7 Å². The van der Waals surface area contributed by atoms with Crippen molar-refractivity contribution < 1.29 is 24.2 Å². The highest BCUT2D eigenvalue weighted by atomic mass is 32.1. The Labute approximate surface area is 216 Å². The summed E-state index contributed by atoms with van der Waals surface area (Å²) in [6.45, 7) is 7.32. The number of carbonyl (C=O) groups excluding carboxylic acids is 1. The number of amides is 1. The summed E-state index contributed by atoms with van der Waals surface area (Å²) in [5.41, 5.74) is 7.68. The van der Waals surface area contributed by atoms with E-state index in [4.69, 9.17) is 20.3 Å². The monoisotopic (exact) mass is 524 g/mol. The molecule has 11 nitrogen and oxygen atoms in total. The lowest BCUT2D eigenvalue weighted by atomic mass is 10.1. The van der Waals surface area contributed by atoms with Crippen molar-refractivity contribution in [2.45, 2.75) is 51.8 Å².